The molecule has 0 bridgehead atoms. The highest BCUT2D eigenvalue weighted by Gasteiger charge is 2.50. The number of hydrazone groups is 1. The number of carbonyl (C=O) groups excluding carboxylic acids is 7. The van der Waals surface area contributed by atoms with Crippen LogP contribution < -0.4 is 31.9 Å². The van der Waals surface area contributed by atoms with Crippen molar-refractivity contribution in [3.05, 3.63) is 71.3 Å². The highest BCUT2D eigenvalue weighted by Crippen LogP contribution is 2.51. The summed E-state index contributed by atoms with van der Waals surface area (Å²) in [6, 6.07) is 9.14. The predicted octanol–water partition coefficient (Wildman–Crippen LogP) is 6.83. The van der Waals surface area contributed by atoms with Crippen LogP contribution in [0.3, 0.4) is 0 Å². The average molecular weight is 1090 g/mol. The molecule has 2 aromatic rings. The van der Waals surface area contributed by atoms with Crippen molar-refractivity contribution in [1.82, 2.24) is 42.0 Å². The maximum atomic E-state index is 15.1. The molecule has 3 rings (SSSR count). The Labute approximate surface area is 451 Å². The number of urea groups is 1. The van der Waals surface area contributed by atoms with Gasteiger partial charge >= 0.3 is 12.1 Å². The van der Waals surface area contributed by atoms with Crippen molar-refractivity contribution < 1.29 is 56.7 Å². The van der Waals surface area contributed by atoms with Crippen LogP contribution in [0.15, 0.2) is 53.6 Å². The lowest BCUT2D eigenvalue weighted by atomic mass is 9.90. The molecule has 1 heterocycles. The number of hydroxylamine groups is 2. The predicted molar refractivity (Wildman–Crippen MR) is 289 cm³/mol. The van der Waals surface area contributed by atoms with Gasteiger partial charge in [-0.1, -0.05) is 76.7 Å². The fourth-order valence-corrected chi connectivity index (χ4v) is 9.24. The van der Waals surface area contributed by atoms with Gasteiger partial charge in [0.25, 0.3) is 0 Å². The van der Waals surface area contributed by atoms with Crippen molar-refractivity contribution in [2.45, 2.75) is 161 Å². The van der Waals surface area contributed by atoms with Crippen LogP contribution in [0.2, 0.25) is 0 Å². The first-order valence-corrected chi connectivity index (χ1v) is 26.7. The zero-order valence-electron chi connectivity index (χ0n) is 46.8. The van der Waals surface area contributed by atoms with E-state index in [2.05, 4.69) is 37.0 Å². The van der Waals surface area contributed by atoms with Crippen LogP contribution in [0.25, 0.3) is 0 Å². The Balaban J connectivity index is 1.65. The molecule has 22 heteroatoms. The van der Waals surface area contributed by atoms with Crippen molar-refractivity contribution in [2.24, 2.45) is 10.5 Å². The fourth-order valence-electron chi connectivity index (χ4n) is 7.83. The highest BCUT2D eigenvalue weighted by atomic mass is 32.2. The molecule has 19 nitrogen and oxygen atoms in total. The van der Waals surface area contributed by atoms with Gasteiger partial charge in [0, 0.05) is 63.7 Å². The SMILES string of the molecule is CCC(NC(COC(=O)NCCC(=O)NCCC[C@@]1(c2ccccc2)SC(c2cc(F)ccc2F)=NN1C(=O)N(C)OC)C(=O)NC(C)(C)CCOC(C)(C)C)C(=O)CNC(C)(CC)C(=O)CCNC(=O)CC(C)(C)C. The third-order valence-corrected chi connectivity index (χ3v) is 13.9. The molecule has 2 aromatic carbocycles. The van der Waals surface area contributed by atoms with Gasteiger partial charge in [0.15, 0.2) is 11.6 Å². The van der Waals surface area contributed by atoms with E-state index in [1.165, 1.54) is 19.2 Å². The second kappa shape index (κ2) is 29.3. The van der Waals surface area contributed by atoms with E-state index < -0.39 is 75.8 Å². The van der Waals surface area contributed by atoms with Gasteiger partial charge in [0.2, 0.25) is 17.7 Å². The maximum absolute atomic E-state index is 15.1. The summed E-state index contributed by atoms with van der Waals surface area (Å²) >= 11 is 1.07. The summed E-state index contributed by atoms with van der Waals surface area (Å²) in [5, 5.41) is 24.0. The van der Waals surface area contributed by atoms with Gasteiger partial charge in [-0.2, -0.15) is 10.1 Å². The van der Waals surface area contributed by atoms with Crippen LogP contribution >= 0.6 is 11.8 Å². The third kappa shape index (κ3) is 20.8. The first kappa shape index (κ1) is 64.7. The molecular formula is C54H83F2N9O10S. The summed E-state index contributed by atoms with van der Waals surface area (Å²) < 4.78 is 40.9. The molecule has 6 amide bonds. The summed E-state index contributed by atoms with van der Waals surface area (Å²) in [6.45, 7) is 20.4. The Bertz CT molecular complexity index is 2330. The van der Waals surface area contributed by atoms with Gasteiger partial charge in [-0.25, -0.2) is 23.4 Å². The number of nitrogens with zero attached hydrogens (tertiary/aromatic N) is 3. The molecule has 0 aromatic heterocycles. The Morgan fingerprint density at radius 3 is 2.12 bits per heavy atom. The van der Waals surface area contributed by atoms with E-state index in [0.717, 1.165) is 35.0 Å². The van der Waals surface area contributed by atoms with Crippen molar-refractivity contribution >= 4 is 58.2 Å². The van der Waals surface area contributed by atoms with Gasteiger partial charge in [-0.05, 0) is 103 Å². The van der Waals surface area contributed by atoms with E-state index in [-0.39, 0.29) is 85.4 Å². The molecule has 1 aliphatic rings. The lowest BCUT2D eigenvalue weighted by molar-refractivity contribution is -0.127. The normalized spacial score (nSPS) is 16.4. The number of alkyl carbamates (subject to hydrolysis) is 1. The lowest BCUT2D eigenvalue weighted by Crippen LogP contribution is -2.59. The number of Topliss-reactive ketones (excluding diaryl/α,β-unsaturated/α-hetero) is 2. The molecule has 0 saturated heterocycles. The number of ketones is 2. The van der Waals surface area contributed by atoms with E-state index in [4.69, 9.17) is 14.3 Å². The summed E-state index contributed by atoms with van der Waals surface area (Å²) in [7, 11) is 2.70. The smallest absolute Gasteiger partial charge is 0.407 e. The number of hydrogen-bond acceptors (Lipinski definition) is 14. The van der Waals surface area contributed by atoms with E-state index in [1.807, 2.05) is 62.3 Å². The molecule has 0 radical (unpaired) electrons. The molecule has 4 atom stereocenters. The number of rotatable bonds is 30. The molecule has 0 fully saturated rings. The number of halogens is 2. The largest absolute Gasteiger partial charge is 0.447 e. The van der Waals surface area contributed by atoms with Crippen molar-refractivity contribution in [3.8, 4) is 0 Å². The number of nitrogens with one attached hydrogen (secondary N) is 6. The summed E-state index contributed by atoms with van der Waals surface area (Å²) in [4.78, 5) is 97.2. The van der Waals surface area contributed by atoms with Gasteiger partial charge < -0.3 is 30.7 Å². The lowest BCUT2D eigenvalue weighted by Gasteiger charge is -2.37. The van der Waals surface area contributed by atoms with E-state index >= 15 is 4.39 Å². The summed E-state index contributed by atoms with van der Waals surface area (Å²) in [5.74, 6) is -3.03. The number of hydrogen-bond donors (Lipinski definition) is 6. The molecule has 76 heavy (non-hydrogen) atoms. The second-order valence-electron chi connectivity index (χ2n) is 21.8. The summed E-state index contributed by atoms with van der Waals surface area (Å²) in [5.41, 5.74) is -1.94. The third-order valence-electron chi connectivity index (χ3n) is 12.5. The summed E-state index contributed by atoms with van der Waals surface area (Å²) in [6.07, 6.45) is 0.864. The van der Waals surface area contributed by atoms with Crippen LogP contribution in [-0.4, -0.2) is 139 Å². The van der Waals surface area contributed by atoms with Gasteiger partial charge in [-0.15, -0.1) is 0 Å². The van der Waals surface area contributed by atoms with Crippen molar-refractivity contribution in [2.75, 3.05) is 53.6 Å². The van der Waals surface area contributed by atoms with Crippen molar-refractivity contribution in [1.29, 1.82) is 0 Å². The standard InChI is InChI=1S/C54H83F2N9O10S/c1-14-40(42(66)34-60-53(11,15-2)43(67)24-29-58-45(69)33-50(3,4)5)61-41(46(70)62-52(9,10)27-31-75-51(6,7)8)35-74-48(71)59-30-25-44(68)57-28-19-26-54(36-20-17-16-18-21-36)65(49(72)64(12)73-13)63-47(76-54)38-32-37(55)22-23-39(38)56/h16-18,20-23,32,40-41,60-61H,14-15,19,24-31,33-35H2,1-13H3,(H,57,68)(H,58,69)(H,59,71)(H,62,70)/t40?,41?,53?,54-/m0/s1. The minimum atomic E-state index is -1.26. The number of amides is 6. The Hall–Kier alpha value is -5.55. The van der Waals surface area contributed by atoms with Gasteiger partial charge in [0.1, 0.15) is 34.2 Å². The molecule has 1 aliphatic heterocycles. The van der Waals surface area contributed by atoms with Gasteiger partial charge in [0.05, 0.1) is 30.8 Å². The Morgan fingerprint density at radius 1 is 0.842 bits per heavy atom. The molecule has 0 spiro atoms. The van der Waals surface area contributed by atoms with E-state index in [9.17, 15) is 38.0 Å². The molecular weight excluding hydrogens is 1000 g/mol. The van der Waals surface area contributed by atoms with Gasteiger partial charge in [-0.3, -0.25) is 39.4 Å². The molecule has 424 valence electrons. The van der Waals surface area contributed by atoms with Crippen LogP contribution in [0.1, 0.15) is 139 Å². The maximum Gasteiger partial charge on any atom is 0.407 e. The second-order valence-corrected chi connectivity index (χ2v) is 23.1. The molecule has 0 saturated carbocycles. The molecule has 3 unspecified atom stereocenters. The molecule has 0 aliphatic carbocycles. The quantitative estimate of drug-likeness (QED) is 0.0348. The first-order valence-electron chi connectivity index (χ1n) is 25.9. The highest BCUT2D eigenvalue weighted by molar-refractivity contribution is 8.15. The number of benzene rings is 2. The minimum absolute atomic E-state index is 0.0648. The van der Waals surface area contributed by atoms with Crippen LogP contribution in [-0.2, 0) is 43.2 Å². The minimum Gasteiger partial charge on any atom is -0.447 e. The average Bonchev–Trinajstić information content (AvgIpc) is 3.74. The van der Waals surface area contributed by atoms with Crippen LogP contribution in [0, 0.1) is 17.0 Å². The zero-order chi connectivity index (χ0) is 57.1. The van der Waals surface area contributed by atoms with E-state index in [1.54, 1.807) is 44.2 Å². The Kier molecular flexibility index (Phi) is 24.9. The van der Waals surface area contributed by atoms with E-state index in [0.29, 0.717) is 37.9 Å². The topological polar surface area (TPSA) is 238 Å². The molecule has 6 N–H and O–H groups in total. The number of carbonyl (C=O) groups is 7. The van der Waals surface area contributed by atoms with Crippen molar-refractivity contribution in [3.63, 3.8) is 0 Å². The first-order chi connectivity index (χ1) is 35.5. The fraction of sp³-hybridized carbons (Fsp3) is 0.630. The zero-order valence-corrected chi connectivity index (χ0v) is 47.6. The van der Waals surface area contributed by atoms with Crippen LogP contribution in [0.4, 0.5) is 18.4 Å². The number of ether oxygens (including phenoxy) is 2. The monoisotopic (exact) mass is 1090 g/mol. The van der Waals surface area contributed by atoms with Crippen LogP contribution in [0.5, 0.6) is 0 Å². The number of thioether (sulfide) groups is 1. The Morgan fingerprint density at radius 2 is 1.50 bits per heavy atom.